The number of Topliss-reactive ketones (excluding diaryl/α,β-unsaturated/α-hetero) is 1. The van der Waals surface area contributed by atoms with E-state index in [1.54, 1.807) is 4.68 Å². The number of carbonyl (C=O) groups is 1. The van der Waals surface area contributed by atoms with E-state index in [0.717, 1.165) is 16.7 Å². The van der Waals surface area contributed by atoms with Crippen LogP contribution in [0.5, 0.6) is 0 Å². The van der Waals surface area contributed by atoms with E-state index in [1.165, 1.54) is 11.8 Å². The third-order valence-corrected chi connectivity index (χ3v) is 5.44. The quantitative estimate of drug-likeness (QED) is 0.472. The van der Waals surface area contributed by atoms with Gasteiger partial charge in [-0.25, -0.2) is 4.68 Å². The van der Waals surface area contributed by atoms with E-state index in [1.807, 2.05) is 83.1 Å². The highest BCUT2D eigenvalue weighted by molar-refractivity contribution is 8.00. The van der Waals surface area contributed by atoms with Crippen molar-refractivity contribution in [3.05, 3.63) is 70.8 Å². The molecule has 0 bridgehead atoms. The Balaban J connectivity index is 2.00. The molecule has 3 aromatic rings. The molecule has 0 amide bonds. The van der Waals surface area contributed by atoms with Crippen LogP contribution in [0.25, 0.3) is 0 Å². The first-order valence-electron chi connectivity index (χ1n) is 8.88. The maximum atomic E-state index is 13.3. The highest BCUT2D eigenvalue weighted by Crippen LogP contribution is 2.38. The molecule has 1 heterocycles. The van der Waals surface area contributed by atoms with Crippen molar-refractivity contribution >= 4 is 17.5 Å². The number of aryl methyl sites for hydroxylation is 2. The minimum absolute atomic E-state index is 0.0484. The number of ketones is 1. The molecule has 0 saturated carbocycles. The van der Waals surface area contributed by atoms with E-state index in [9.17, 15) is 4.79 Å². The molecule has 1 atom stereocenters. The number of hydrogen-bond donors (Lipinski definition) is 0. The Kier molecular flexibility index (Phi) is 5.46. The summed E-state index contributed by atoms with van der Waals surface area (Å²) in [5, 5.41) is 12.3. The largest absolute Gasteiger partial charge is 0.293 e. The molecule has 140 valence electrons. The summed E-state index contributed by atoms with van der Waals surface area (Å²) < 4.78 is 1.77. The Morgan fingerprint density at radius 1 is 0.963 bits per heavy atom. The highest BCUT2D eigenvalue weighted by Gasteiger charge is 2.28. The molecule has 6 heteroatoms. The molecule has 0 radical (unpaired) electrons. The average molecular weight is 381 g/mol. The molecule has 1 aromatic heterocycles. The van der Waals surface area contributed by atoms with Gasteiger partial charge in [-0.3, -0.25) is 4.79 Å². The van der Waals surface area contributed by atoms with Crippen molar-refractivity contribution in [3.63, 3.8) is 0 Å². The zero-order valence-electron chi connectivity index (χ0n) is 16.3. The highest BCUT2D eigenvalue weighted by atomic mass is 32.2. The van der Waals surface area contributed by atoms with E-state index < -0.39 is 5.25 Å². The molecule has 0 spiro atoms. The fourth-order valence-electron chi connectivity index (χ4n) is 2.66. The smallest absolute Gasteiger partial charge is 0.210 e. The molecule has 0 aliphatic heterocycles. The van der Waals surface area contributed by atoms with Gasteiger partial charge in [0.15, 0.2) is 5.78 Å². The Morgan fingerprint density at radius 2 is 1.52 bits per heavy atom. The number of benzene rings is 2. The first-order chi connectivity index (χ1) is 12.8. The van der Waals surface area contributed by atoms with Gasteiger partial charge < -0.3 is 0 Å². The molecule has 0 aliphatic carbocycles. The zero-order chi connectivity index (χ0) is 19.6. The summed E-state index contributed by atoms with van der Waals surface area (Å²) in [4.78, 5) is 13.3. The lowest BCUT2D eigenvalue weighted by molar-refractivity contribution is 0.0989. The predicted molar refractivity (Wildman–Crippen MR) is 108 cm³/mol. The monoisotopic (exact) mass is 380 g/mol. The standard InChI is InChI=1S/C21H24N4OS/c1-14-6-10-16(11-7-14)18(26)19(17-12-8-15(2)9-13-17)27-20-22-23-24-25(20)21(3,4)5/h6-13,19H,1-5H3. The summed E-state index contributed by atoms with van der Waals surface area (Å²) in [5.74, 6) is 0.0484. The zero-order valence-corrected chi connectivity index (χ0v) is 17.1. The minimum Gasteiger partial charge on any atom is -0.293 e. The number of aromatic nitrogens is 4. The van der Waals surface area contributed by atoms with Crippen molar-refractivity contribution in [1.29, 1.82) is 0 Å². The van der Waals surface area contributed by atoms with E-state index in [-0.39, 0.29) is 11.3 Å². The molecular formula is C21H24N4OS. The van der Waals surface area contributed by atoms with Crippen molar-refractivity contribution in [2.75, 3.05) is 0 Å². The van der Waals surface area contributed by atoms with E-state index in [0.29, 0.717) is 10.7 Å². The summed E-state index contributed by atoms with van der Waals surface area (Å²) in [6.07, 6.45) is 0. The molecule has 5 nitrogen and oxygen atoms in total. The van der Waals surface area contributed by atoms with Crippen LogP contribution in [0.15, 0.2) is 53.7 Å². The topological polar surface area (TPSA) is 60.7 Å². The number of hydrogen-bond acceptors (Lipinski definition) is 5. The number of rotatable bonds is 5. The van der Waals surface area contributed by atoms with Crippen molar-refractivity contribution in [2.45, 2.75) is 50.6 Å². The van der Waals surface area contributed by atoms with Crippen molar-refractivity contribution in [1.82, 2.24) is 20.2 Å². The average Bonchev–Trinajstić information content (AvgIpc) is 3.09. The lowest BCUT2D eigenvalue weighted by Gasteiger charge is -2.22. The third-order valence-electron chi connectivity index (χ3n) is 4.25. The van der Waals surface area contributed by atoms with Gasteiger partial charge >= 0.3 is 0 Å². The molecular weight excluding hydrogens is 356 g/mol. The molecule has 0 saturated heterocycles. The second-order valence-electron chi connectivity index (χ2n) is 7.68. The first-order valence-corrected chi connectivity index (χ1v) is 9.76. The van der Waals surface area contributed by atoms with Crippen molar-refractivity contribution in [3.8, 4) is 0 Å². The van der Waals surface area contributed by atoms with Crippen LogP contribution in [-0.2, 0) is 5.54 Å². The molecule has 0 fully saturated rings. The molecule has 0 aliphatic rings. The van der Waals surface area contributed by atoms with Crippen molar-refractivity contribution < 1.29 is 4.79 Å². The summed E-state index contributed by atoms with van der Waals surface area (Å²) >= 11 is 1.39. The lowest BCUT2D eigenvalue weighted by atomic mass is 10.0. The van der Waals surface area contributed by atoms with Crippen LogP contribution < -0.4 is 0 Å². The fourth-order valence-corrected chi connectivity index (χ4v) is 3.90. The Morgan fingerprint density at radius 3 is 2.07 bits per heavy atom. The Bertz CT molecular complexity index is 924. The molecule has 0 N–H and O–H groups in total. The van der Waals surface area contributed by atoms with Crippen molar-refractivity contribution in [2.24, 2.45) is 0 Å². The number of nitrogens with zero attached hydrogens (tertiary/aromatic N) is 4. The summed E-state index contributed by atoms with van der Waals surface area (Å²) in [7, 11) is 0. The van der Waals surface area contributed by atoms with Gasteiger partial charge in [0, 0.05) is 5.56 Å². The van der Waals surface area contributed by atoms with Crippen LogP contribution in [0.3, 0.4) is 0 Å². The van der Waals surface area contributed by atoms with Gasteiger partial charge in [-0.2, -0.15) is 0 Å². The normalized spacial score (nSPS) is 12.8. The molecule has 2 aromatic carbocycles. The second-order valence-corrected chi connectivity index (χ2v) is 8.76. The lowest BCUT2D eigenvalue weighted by Crippen LogP contribution is -2.24. The van der Waals surface area contributed by atoms with Gasteiger partial charge in [-0.05, 0) is 50.6 Å². The Labute approximate surface area is 164 Å². The number of thioether (sulfide) groups is 1. The molecule has 1 unspecified atom stereocenters. The third kappa shape index (κ3) is 4.45. The maximum Gasteiger partial charge on any atom is 0.210 e. The van der Waals surface area contributed by atoms with Gasteiger partial charge in [0.2, 0.25) is 5.16 Å². The van der Waals surface area contributed by atoms with Gasteiger partial charge in [-0.15, -0.1) is 5.10 Å². The van der Waals surface area contributed by atoms with Crippen LogP contribution in [-0.4, -0.2) is 26.0 Å². The van der Waals surface area contributed by atoms with Crippen LogP contribution in [0, 0.1) is 13.8 Å². The second kappa shape index (κ2) is 7.64. The van der Waals surface area contributed by atoms with Gasteiger partial charge in [0.25, 0.3) is 0 Å². The van der Waals surface area contributed by atoms with Gasteiger partial charge in [0.05, 0.1) is 5.54 Å². The molecule has 27 heavy (non-hydrogen) atoms. The SMILES string of the molecule is Cc1ccc(C(=O)C(Sc2nnnn2C(C)(C)C)c2ccc(C)cc2)cc1. The summed E-state index contributed by atoms with van der Waals surface area (Å²) in [6.45, 7) is 10.2. The van der Waals surface area contributed by atoms with E-state index in [2.05, 4.69) is 15.5 Å². The van der Waals surface area contributed by atoms with Gasteiger partial charge in [-0.1, -0.05) is 71.4 Å². The fraction of sp³-hybridized carbons (Fsp3) is 0.333. The number of tetrazole rings is 1. The van der Waals surface area contributed by atoms with Crippen LogP contribution in [0.2, 0.25) is 0 Å². The maximum absolute atomic E-state index is 13.3. The Hall–Kier alpha value is -2.47. The van der Waals surface area contributed by atoms with E-state index in [4.69, 9.17) is 0 Å². The van der Waals surface area contributed by atoms with Crippen LogP contribution in [0.4, 0.5) is 0 Å². The summed E-state index contributed by atoms with van der Waals surface area (Å²) in [6, 6.07) is 15.7. The number of carbonyl (C=O) groups excluding carboxylic acids is 1. The summed E-state index contributed by atoms with van der Waals surface area (Å²) in [5.41, 5.74) is 3.65. The predicted octanol–water partition coefficient (Wildman–Crippen LogP) is 4.76. The van der Waals surface area contributed by atoms with Crippen LogP contribution >= 0.6 is 11.8 Å². The molecule has 3 rings (SSSR count). The van der Waals surface area contributed by atoms with Crippen LogP contribution in [0.1, 0.15) is 53.1 Å². The first kappa shape index (κ1) is 19.3. The van der Waals surface area contributed by atoms with E-state index >= 15 is 0 Å². The minimum atomic E-state index is -0.416. The van der Waals surface area contributed by atoms with Gasteiger partial charge in [0.1, 0.15) is 5.25 Å².